The van der Waals surface area contributed by atoms with Crippen LogP contribution in [0.4, 0.5) is 11.6 Å². The minimum atomic E-state index is 0.776. The third kappa shape index (κ3) is 3.94. The van der Waals surface area contributed by atoms with Crippen molar-refractivity contribution in [2.75, 3.05) is 29.9 Å². The molecule has 0 spiro atoms. The third-order valence-corrected chi connectivity index (χ3v) is 3.30. The maximum atomic E-state index is 4.75. The van der Waals surface area contributed by atoms with Crippen LogP contribution < -0.4 is 10.2 Å². The van der Waals surface area contributed by atoms with Crippen LogP contribution in [-0.4, -0.2) is 29.6 Å². The van der Waals surface area contributed by atoms with E-state index in [1.807, 2.05) is 36.4 Å². The van der Waals surface area contributed by atoms with Crippen LogP contribution in [0.5, 0.6) is 0 Å². The fourth-order valence-electron chi connectivity index (χ4n) is 2.29. The standard InChI is InChI=1S/C17H24N4/c1-4-12-21(6-3)16-13-15(18-5-2)19-17(20-16)14-10-8-7-9-11-14/h7-11,13H,4-6,12H2,1-3H3,(H,18,19,20). The Kier molecular flexibility index (Phi) is 5.55. The molecule has 4 heteroatoms. The van der Waals surface area contributed by atoms with Gasteiger partial charge in [-0.2, -0.15) is 0 Å². The number of benzene rings is 1. The molecule has 0 amide bonds. The lowest BCUT2D eigenvalue weighted by atomic mass is 10.2. The van der Waals surface area contributed by atoms with Crippen molar-refractivity contribution < 1.29 is 0 Å². The van der Waals surface area contributed by atoms with E-state index in [0.717, 1.165) is 49.1 Å². The average Bonchev–Trinajstić information content (AvgIpc) is 2.53. The molecular formula is C17H24N4. The maximum absolute atomic E-state index is 4.75. The van der Waals surface area contributed by atoms with Crippen molar-refractivity contribution in [1.82, 2.24) is 9.97 Å². The van der Waals surface area contributed by atoms with Crippen molar-refractivity contribution in [2.24, 2.45) is 0 Å². The summed E-state index contributed by atoms with van der Waals surface area (Å²) in [5, 5.41) is 3.30. The molecule has 1 heterocycles. The second-order valence-electron chi connectivity index (χ2n) is 4.91. The highest BCUT2D eigenvalue weighted by Gasteiger charge is 2.10. The lowest BCUT2D eigenvalue weighted by Crippen LogP contribution is -2.25. The Labute approximate surface area is 127 Å². The molecule has 4 nitrogen and oxygen atoms in total. The van der Waals surface area contributed by atoms with Crippen LogP contribution in [0.3, 0.4) is 0 Å². The van der Waals surface area contributed by atoms with Crippen LogP contribution in [0, 0.1) is 0 Å². The Morgan fingerprint density at radius 1 is 1.05 bits per heavy atom. The first-order chi connectivity index (χ1) is 10.3. The molecule has 0 atom stereocenters. The van der Waals surface area contributed by atoms with Gasteiger partial charge in [0.05, 0.1) is 0 Å². The largest absolute Gasteiger partial charge is 0.370 e. The normalized spacial score (nSPS) is 10.4. The smallest absolute Gasteiger partial charge is 0.163 e. The summed E-state index contributed by atoms with van der Waals surface area (Å²) in [6.07, 6.45) is 1.11. The molecule has 0 aliphatic carbocycles. The Hall–Kier alpha value is -2.10. The Balaban J connectivity index is 2.43. The van der Waals surface area contributed by atoms with Crippen LogP contribution in [0.15, 0.2) is 36.4 Å². The minimum Gasteiger partial charge on any atom is -0.370 e. The van der Waals surface area contributed by atoms with Gasteiger partial charge in [-0.25, -0.2) is 9.97 Å². The maximum Gasteiger partial charge on any atom is 0.163 e. The van der Waals surface area contributed by atoms with E-state index < -0.39 is 0 Å². The van der Waals surface area contributed by atoms with Gasteiger partial charge in [-0.05, 0) is 20.3 Å². The molecule has 0 saturated carbocycles. The van der Waals surface area contributed by atoms with Crippen molar-refractivity contribution in [3.63, 3.8) is 0 Å². The number of hydrogen-bond acceptors (Lipinski definition) is 4. The minimum absolute atomic E-state index is 0.776. The monoisotopic (exact) mass is 284 g/mol. The molecule has 2 aromatic rings. The first kappa shape index (κ1) is 15.3. The van der Waals surface area contributed by atoms with E-state index in [1.165, 1.54) is 0 Å². The van der Waals surface area contributed by atoms with Crippen molar-refractivity contribution >= 4 is 11.6 Å². The molecule has 0 unspecified atom stereocenters. The average molecular weight is 284 g/mol. The molecule has 1 N–H and O–H groups in total. The predicted octanol–water partition coefficient (Wildman–Crippen LogP) is 3.81. The summed E-state index contributed by atoms with van der Waals surface area (Å²) in [5.41, 5.74) is 1.05. The van der Waals surface area contributed by atoms with Gasteiger partial charge in [0.1, 0.15) is 11.6 Å². The molecule has 1 aromatic carbocycles. The summed E-state index contributed by atoms with van der Waals surface area (Å²) in [7, 11) is 0. The fourth-order valence-corrected chi connectivity index (χ4v) is 2.29. The van der Waals surface area contributed by atoms with Crippen molar-refractivity contribution in [3.05, 3.63) is 36.4 Å². The Morgan fingerprint density at radius 2 is 1.81 bits per heavy atom. The third-order valence-electron chi connectivity index (χ3n) is 3.30. The molecule has 112 valence electrons. The van der Waals surface area contributed by atoms with Gasteiger partial charge in [0, 0.05) is 31.3 Å². The van der Waals surface area contributed by atoms with E-state index in [-0.39, 0.29) is 0 Å². The summed E-state index contributed by atoms with van der Waals surface area (Å²) in [5.74, 6) is 2.65. The van der Waals surface area contributed by atoms with E-state index in [1.54, 1.807) is 0 Å². The van der Waals surface area contributed by atoms with Gasteiger partial charge in [-0.1, -0.05) is 37.3 Å². The molecule has 21 heavy (non-hydrogen) atoms. The number of nitrogens with one attached hydrogen (secondary N) is 1. The van der Waals surface area contributed by atoms with Gasteiger partial charge in [-0.15, -0.1) is 0 Å². The van der Waals surface area contributed by atoms with Gasteiger partial charge < -0.3 is 10.2 Å². The van der Waals surface area contributed by atoms with E-state index in [4.69, 9.17) is 4.98 Å². The van der Waals surface area contributed by atoms with Crippen LogP contribution >= 0.6 is 0 Å². The second kappa shape index (κ2) is 7.62. The Bertz CT molecular complexity index is 554. The highest BCUT2D eigenvalue weighted by atomic mass is 15.2. The highest BCUT2D eigenvalue weighted by molar-refractivity contribution is 5.61. The number of nitrogens with zero attached hydrogens (tertiary/aromatic N) is 3. The summed E-state index contributed by atoms with van der Waals surface area (Å²) in [4.78, 5) is 11.7. The summed E-state index contributed by atoms with van der Waals surface area (Å²) in [6.45, 7) is 9.23. The highest BCUT2D eigenvalue weighted by Crippen LogP contribution is 2.22. The van der Waals surface area contributed by atoms with Crippen LogP contribution in [0.25, 0.3) is 11.4 Å². The fraction of sp³-hybridized carbons (Fsp3) is 0.412. The zero-order chi connectivity index (χ0) is 15.1. The lowest BCUT2D eigenvalue weighted by molar-refractivity contribution is 0.777. The molecule has 0 radical (unpaired) electrons. The van der Waals surface area contributed by atoms with Crippen LogP contribution in [-0.2, 0) is 0 Å². The first-order valence-corrected chi connectivity index (χ1v) is 7.71. The number of aromatic nitrogens is 2. The molecule has 2 rings (SSSR count). The van der Waals surface area contributed by atoms with Gasteiger partial charge in [-0.3, -0.25) is 0 Å². The number of hydrogen-bond donors (Lipinski definition) is 1. The van der Waals surface area contributed by atoms with Crippen LogP contribution in [0.1, 0.15) is 27.2 Å². The number of anilines is 2. The molecule has 0 aliphatic heterocycles. The predicted molar refractivity (Wildman–Crippen MR) is 89.8 cm³/mol. The van der Waals surface area contributed by atoms with Gasteiger partial charge in [0.15, 0.2) is 5.82 Å². The number of rotatable bonds is 7. The summed E-state index contributed by atoms with van der Waals surface area (Å²) in [6, 6.07) is 12.2. The molecule has 0 aliphatic rings. The van der Waals surface area contributed by atoms with Crippen molar-refractivity contribution in [2.45, 2.75) is 27.2 Å². The lowest BCUT2D eigenvalue weighted by Gasteiger charge is -2.22. The first-order valence-electron chi connectivity index (χ1n) is 7.71. The topological polar surface area (TPSA) is 41.0 Å². The SMILES string of the molecule is CCCN(CC)c1cc(NCC)nc(-c2ccccc2)n1. The zero-order valence-electron chi connectivity index (χ0n) is 13.1. The van der Waals surface area contributed by atoms with E-state index in [9.17, 15) is 0 Å². The second-order valence-corrected chi connectivity index (χ2v) is 4.91. The quantitative estimate of drug-likeness (QED) is 0.839. The molecular weight excluding hydrogens is 260 g/mol. The van der Waals surface area contributed by atoms with Gasteiger partial charge in [0.25, 0.3) is 0 Å². The van der Waals surface area contributed by atoms with Crippen molar-refractivity contribution in [1.29, 1.82) is 0 Å². The van der Waals surface area contributed by atoms with Gasteiger partial charge in [0.2, 0.25) is 0 Å². The van der Waals surface area contributed by atoms with E-state index in [2.05, 4.69) is 36.0 Å². The molecule has 1 aromatic heterocycles. The molecule has 0 fully saturated rings. The van der Waals surface area contributed by atoms with E-state index in [0.29, 0.717) is 0 Å². The summed E-state index contributed by atoms with van der Waals surface area (Å²) < 4.78 is 0. The van der Waals surface area contributed by atoms with Crippen molar-refractivity contribution in [3.8, 4) is 11.4 Å². The summed E-state index contributed by atoms with van der Waals surface area (Å²) >= 11 is 0. The zero-order valence-corrected chi connectivity index (χ0v) is 13.1. The molecule has 0 bridgehead atoms. The Morgan fingerprint density at radius 3 is 2.43 bits per heavy atom. The van der Waals surface area contributed by atoms with Crippen LogP contribution in [0.2, 0.25) is 0 Å². The van der Waals surface area contributed by atoms with E-state index >= 15 is 0 Å². The van der Waals surface area contributed by atoms with Gasteiger partial charge >= 0.3 is 0 Å². The molecule has 0 saturated heterocycles.